The molecule has 0 aliphatic rings. The smallest absolute Gasteiger partial charge is 0.330 e. The van der Waals surface area contributed by atoms with Gasteiger partial charge in [-0.2, -0.15) is 0 Å². The number of carbonyl (C=O) groups is 1. The summed E-state index contributed by atoms with van der Waals surface area (Å²) < 4.78 is 14.3. The van der Waals surface area contributed by atoms with Crippen LogP contribution in [-0.4, -0.2) is 22.0 Å². The molecule has 0 aliphatic carbocycles. The highest BCUT2D eigenvalue weighted by Crippen LogP contribution is 2.19. The Balaban J connectivity index is 1.97. The maximum atomic E-state index is 13.1. The summed E-state index contributed by atoms with van der Waals surface area (Å²) in [6.07, 6.45) is -0.0369. The number of hydrogen-bond acceptors (Lipinski definition) is 4. The second-order valence-corrected chi connectivity index (χ2v) is 6.51. The second kappa shape index (κ2) is 8.55. The van der Waals surface area contributed by atoms with E-state index in [0.29, 0.717) is 5.56 Å². The van der Waals surface area contributed by atoms with Crippen LogP contribution in [0, 0.1) is 5.82 Å². The van der Waals surface area contributed by atoms with E-state index in [1.54, 1.807) is 6.92 Å². The average molecular weight is 396 g/mol. The van der Waals surface area contributed by atoms with Crippen LogP contribution < -0.4 is 21.9 Å². The Morgan fingerprint density at radius 1 is 1.07 bits per heavy atom. The number of anilines is 2. The fraction of sp³-hybridized carbons (Fsp3) is 0.190. The van der Waals surface area contributed by atoms with Crippen molar-refractivity contribution in [1.29, 1.82) is 0 Å². The van der Waals surface area contributed by atoms with Crippen molar-refractivity contribution in [2.45, 2.75) is 19.9 Å². The predicted octanol–water partition coefficient (Wildman–Crippen LogP) is 1.90. The van der Waals surface area contributed by atoms with Gasteiger partial charge in [0.2, 0.25) is 5.91 Å². The molecule has 0 unspecified atom stereocenters. The molecule has 2 aromatic carbocycles. The fourth-order valence-corrected chi connectivity index (χ4v) is 3.09. The molecule has 0 spiro atoms. The van der Waals surface area contributed by atoms with E-state index in [1.807, 2.05) is 30.3 Å². The van der Waals surface area contributed by atoms with E-state index in [0.717, 1.165) is 5.56 Å². The van der Waals surface area contributed by atoms with Crippen LogP contribution >= 0.6 is 0 Å². The van der Waals surface area contributed by atoms with E-state index in [-0.39, 0.29) is 36.9 Å². The molecule has 0 radical (unpaired) electrons. The molecule has 1 heterocycles. The number of halogens is 1. The molecular formula is C21H21FN4O3. The van der Waals surface area contributed by atoms with E-state index in [1.165, 1.54) is 33.7 Å². The molecule has 1 aromatic heterocycles. The van der Waals surface area contributed by atoms with Gasteiger partial charge in [-0.15, -0.1) is 0 Å². The van der Waals surface area contributed by atoms with Gasteiger partial charge in [0, 0.05) is 6.54 Å². The molecule has 0 fully saturated rings. The van der Waals surface area contributed by atoms with E-state index in [9.17, 15) is 18.8 Å². The van der Waals surface area contributed by atoms with Crippen LogP contribution in [0.25, 0.3) is 0 Å². The number of benzene rings is 2. The molecule has 3 N–H and O–H groups in total. The van der Waals surface area contributed by atoms with E-state index < -0.39 is 17.1 Å². The third-order valence-corrected chi connectivity index (χ3v) is 4.55. The van der Waals surface area contributed by atoms with Gasteiger partial charge in [-0.1, -0.05) is 42.5 Å². The highest BCUT2D eigenvalue weighted by molar-refractivity contribution is 5.96. The lowest BCUT2D eigenvalue weighted by molar-refractivity contribution is -0.117. The third-order valence-electron chi connectivity index (χ3n) is 4.55. The Labute approximate surface area is 166 Å². The molecule has 0 aliphatic heterocycles. The average Bonchev–Trinajstić information content (AvgIpc) is 2.70. The summed E-state index contributed by atoms with van der Waals surface area (Å²) in [7, 11) is 0. The van der Waals surface area contributed by atoms with Gasteiger partial charge in [0.25, 0.3) is 5.56 Å². The number of nitrogens with zero attached hydrogens (tertiary/aromatic N) is 2. The Morgan fingerprint density at radius 3 is 2.34 bits per heavy atom. The lowest BCUT2D eigenvalue weighted by Gasteiger charge is -2.23. The molecule has 8 heteroatoms. The summed E-state index contributed by atoms with van der Waals surface area (Å²) in [5.74, 6) is -0.875. The van der Waals surface area contributed by atoms with Crippen LogP contribution in [-0.2, 0) is 17.8 Å². The minimum Gasteiger partial charge on any atom is -0.383 e. The summed E-state index contributed by atoms with van der Waals surface area (Å²) in [5.41, 5.74) is 6.12. The Kier molecular flexibility index (Phi) is 5.92. The molecule has 0 atom stereocenters. The van der Waals surface area contributed by atoms with Crippen LogP contribution in [0.3, 0.4) is 0 Å². The van der Waals surface area contributed by atoms with Gasteiger partial charge in [-0.3, -0.25) is 19.1 Å². The molecule has 150 valence electrons. The monoisotopic (exact) mass is 396 g/mol. The summed E-state index contributed by atoms with van der Waals surface area (Å²) in [6, 6.07) is 14.7. The normalized spacial score (nSPS) is 10.7. The summed E-state index contributed by atoms with van der Waals surface area (Å²) in [6.45, 7) is 2.03. The summed E-state index contributed by atoms with van der Waals surface area (Å²) >= 11 is 0. The molecule has 29 heavy (non-hydrogen) atoms. The topological polar surface area (TPSA) is 101 Å². The molecule has 0 saturated heterocycles. The zero-order valence-corrected chi connectivity index (χ0v) is 15.9. The van der Waals surface area contributed by atoms with Crippen LogP contribution in [0.1, 0.15) is 18.1 Å². The van der Waals surface area contributed by atoms with Crippen molar-refractivity contribution >= 4 is 17.4 Å². The highest BCUT2D eigenvalue weighted by atomic mass is 19.1. The predicted molar refractivity (Wildman–Crippen MR) is 109 cm³/mol. The number of rotatable bonds is 6. The molecule has 0 bridgehead atoms. The first kappa shape index (κ1) is 20.1. The number of carbonyl (C=O) groups excluding carboxylic acids is 1. The maximum absolute atomic E-state index is 13.1. The van der Waals surface area contributed by atoms with Crippen molar-refractivity contribution in [2.75, 3.05) is 17.2 Å². The summed E-state index contributed by atoms with van der Waals surface area (Å²) in [4.78, 5) is 41.1. The number of aromatic amines is 1. The minimum atomic E-state index is -0.730. The third kappa shape index (κ3) is 4.43. The standard InChI is InChI=1S/C21H21FN4O3/c1-2-25(17(27)12-14-8-10-16(22)11-9-14)18-19(23)26(21(29)24-20(18)28)13-15-6-4-3-5-7-15/h3-11H,2,12-13,23H2,1H3,(H,24,28,29). The van der Waals surface area contributed by atoms with Crippen molar-refractivity contribution in [2.24, 2.45) is 0 Å². The number of nitrogens with two attached hydrogens (primary N) is 1. The first-order valence-electron chi connectivity index (χ1n) is 9.12. The number of H-pyrrole nitrogens is 1. The van der Waals surface area contributed by atoms with Gasteiger partial charge >= 0.3 is 5.69 Å². The number of aromatic nitrogens is 2. The summed E-state index contributed by atoms with van der Waals surface area (Å²) in [5, 5.41) is 0. The molecule has 7 nitrogen and oxygen atoms in total. The van der Waals surface area contributed by atoms with Crippen molar-refractivity contribution in [3.8, 4) is 0 Å². The largest absolute Gasteiger partial charge is 0.383 e. The lowest BCUT2D eigenvalue weighted by Crippen LogP contribution is -2.41. The first-order chi connectivity index (χ1) is 13.9. The van der Waals surface area contributed by atoms with Crippen LogP contribution in [0.5, 0.6) is 0 Å². The van der Waals surface area contributed by atoms with Gasteiger partial charge in [-0.05, 0) is 30.2 Å². The van der Waals surface area contributed by atoms with Gasteiger partial charge in [0.1, 0.15) is 11.6 Å². The number of hydrogen-bond donors (Lipinski definition) is 2. The van der Waals surface area contributed by atoms with E-state index in [2.05, 4.69) is 4.98 Å². The molecule has 3 aromatic rings. The zero-order valence-electron chi connectivity index (χ0n) is 15.9. The quantitative estimate of drug-likeness (QED) is 0.664. The minimum absolute atomic E-state index is 0.0369. The van der Waals surface area contributed by atoms with Gasteiger partial charge < -0.3 is 10.6 Å². The SMILES string of the molecule is CCN(C(=O)Cc1ccc(F)cc1)c1c(N)n(Cc2ccccc2)c(=O)[nH]c1=O. The van der Waals surface area contributed by atoms with Crippen molar-refractivity contribution in [3.05, 3.63) is 92.4 Å². The van der Waals surface area contributed by atoms with E-state index >= 15 is 0 Å². The highest BCUT2D eigenvalue weighted by Gasteiger charge is 2.23. The maximum Gasteiger partial charge on any atom is 0.330 e. The molecule has 1 amide bonds. The van der Waals surface area contributed by atoms with Crippen LogP contribution in [0.4, 0.5) is 15.9 Å². The lowest BCUT2D eigenvalue weighted by atomic mass is 10.1. The number of nitrogen functional groups attached to an aromatic ring is 1. The van der Waals surface area contributed by atoms with Gasteiger partial charge in [0.15, 0.2) is 5.69 Å². The van der Waals surface area contributed by atoms with Crippen molar-refractivity contribution < 1.29 is 9.18 Å². The zero-order chi connectivity index (χ0) is 21.0. The van der Waals surface area contributed by atoms with Crippen LogP contribution in [0.15, 0.2) is 64.2 Å². The second-order valence-electron chi connectivity index (χ2n) is 6.51. The number of amides is 1. The van der Waals surface area contributed by atoms with Gasteiger partial charge in [0.05, 0.1) is 13.0 Å². The van der Waals surface area contributed by atoms with Crippen LogP contribution in [0.2, 0.25) is 0 Å². The molecular weight excluding hydrogens is 375 g/mol. The van der Waals surface area contributed by atoms with Crippen molar-refractivity contribution in [3.63, 3.8) is 0 Å². The molecule has 3 rings (SSSR count). The number of likely N-dealkylation sites (N-methyl/N-ethyl adjacent to an activating group) is 1. The first-order valence-corrected chi connectivity index (χ1v) is 9.12. The Hall–Kier alpha value is -3.68. The Morgan fingerprint density at radius 2 is 1.72 bits per heavy atom. The van der Waals surface area contributed by atoms with Gasteiger partial charge in [-0.25, -0.2) is 9.18 Å². The van der Waals surface area contributed by atoms with E-state index in [4.69, 9.17) is 5.73 Å². The number of nitrogens with one attached hydrogen (secondary N) is 1. The fourth-order valence-electron chi connectivity index (χ4n) is 3.09. The van der Waals surface area contributed by atoms with Crippen molar-refractivity contribution in [1.82, 2.24) is 9.55 Å². The molecule has 0 saturated carbocycles. The Bertz CT molecular complexity index is 1120.